The van der Waals surface area contributed by atoms with Crippen molar-refractivity contribution in [3.05, 3.63) is 72.9 Å². The molecule has 0 spiro atoms. The van der Waals surface area contributed by atoms with Crippen LogP contribution in [0.1, 0.15) is 58.3 Å². The van der Waals surface area contributed by atoms with E-state index in [1.807, 2.05) is 12.2 Å². The molecule has 0 aliphatic heterocycles. The lowest BCUT2D eigenvalue weighted by atomic mass is 10.2. The van der Waals surface area contributed by atoms with E-state index in [0.717, 1.165) is 38.5 Å². The molecule has 0 rings (SSSR count). The summed E-state index contributed by atoms with van der Waals surface area (Å²) >= 11 is 0. The molecule has 24 heavy (non-hydrogen) atoms. The maximum Gasteiger partial charge on any atom is 0.303 e. The lowest BCUT2D eigenvalue weighted by Crippen LogP contribution is -1.91. The van der Waals surface area contributed by atoms with Crippen molar-refractivity contribution in [1.29, 1.82) is 0 Å². The van der Waals surface area contributed by atoms with E-state index < -0.39 is 5.97 Å². The van der Waals surface area contributed by atoms with Crippen LogP contribution in [0.5, 0.6) is 0 Å². The summed E-state index contributed by atoms with van der Waals surface area (Å²) in [5, 5.41) is 8.49. The van der Waals surface area contributed by atoms with Gasteiger partial charge in [0.05, 0.1) is 0 Å². The van der Waals surface area contributed by atoms with Crippen molar-refractivity contribution in [1.82, 2.24) is 0 Å². The van der Waals surface area contributed by atoms with Gasteiger partial charge in [-0.05, 0) is 44.9 Å². The highest BCUT2D eigenvalue weighted by Crippen LogP contribution is 1.98. The molecule has 0 atom stereocenters. The van der Waals surface area contributed by atoms with E-state index in [1.165, 1.54) is 0 Å². The number of hydrogen-bond acceptors (Lipinski definition) is 1. The third-order valence-electron chi connectivity index (χ3n) is 3.14. The van der Waals surface area contributed by atoms with Gasteiger partial charge in [-0.25, -0.2) is 0 Å². The smallest absolute Gasteiger partial charge is 0.303 e. The van der Waals surface area contributed by atoms with Gasteiger partial charge in [-0.15, -0.1) is 0 Å². The summed E-state index contributed by atoms with van der Waals surface area (Å²) in [6.07, 6.45) is 32.4. The standard InChI is InChI=1S/C22H32O2/c1-2-3-4-5-6-7-8-9-10-11-12-13-14-15-16-17-18-19-20-21-22(23)24/h3-4,7-12,15-16,18-19H,2,5-6,13-14,17,20-21H2,1H3,(H,23,24)/b4-3-,8-7-,10-9+,12-11+,16-15-,19-18-. The van der Waals surface area contributed by atoms with E-state index in [4.69, 9.17) is 5.11 Å². The molecule has 0 aliphatic rings. The summed E-state index contributed by atoms with van der Waals surface area (Å²) in [5.41, 5.74) is 0. The molecule has 0 aromatic carbocycles. The fourth-order valence-electron chi connectivity index (χ4n) is 1.86. The molecule has 0 saturated heterocycles. The lowest BCUT2D eigenvalue weighted by Gasteiger charge is -1.88. The van der Waals surface area contributed by atoms with Crippen LogP contribution in [0.3, 0.4) is 0 Å². The van der Waals surface area contributed by atoms with Gasteiger partial charge in [-0.3, -0.25) is 4.79 Å². The number of rotatable bonds is 14. The Kier molecular flexibility index (Phi) is 17.3. The van der Waals surface area contributed by atoms with Crippen LogP contribution in [0, 0.1) is 0 Å². The fraction of sp³-hybridized carbons (Fsp3) is 0.409. The molecular formula is C22H32O2. The van der Waals surface area contributed by atoms with Crippen LogP contribution in [-0.2, 0) is 4.79 Å². The molecule has 0 radical (unpaired) electrons. The first-order chi connectivity index (χ1) is 11.8. The topological polar surface area (TPSA) is 37.3 Å². The maximum absolute atomic E-state index is 10.3. The zero-order valence-electron chi connectivity index (χ0n) is 14.9. The van der Waals surface area contributed by atoms with Gasteiger partial charge in [-0.2, -0.15) is 0 Å². The number of unbranched alkanes of at least 4 members (excludes halogenated alkanes) is 2. The number of carboxylic acid groups (broad SMARTS) is 1. The number of allylic oxidation sites excluding steroid dienone is 12. The Morgan fingerprint density at radius 1 is 0.667 bits per heavy atom. The van der Waals surface area contributed by atoms with Crippen LogP contribution in [0.25, 0.3) is 0 Å². The average molecular weight is 328 g/mol. The number of aliphatic carboxylic acids is 1. The van der Waals surface area contributed by atoms with Gasteiger partial charge in [0.25, 0.3) is 0 Å². The van der Waals surface area contributed by atoms with Gasteiger partial charge in [0, 0.05) is 6.42 Å². The highest BCUT2D eigenvalue weighted by Gasteiger charge is 1.90. The zero-order valence-corrected chi connectivity index (χ0v) is 14.9. The van der Waals surface area contributed by atoms with E-state index in [0.29, 0.717) is 6.42 Å². The molecule has 132 valence electrons. The number of hydrogen-bond donors (Lipinski definition) is 1. The molecule has 0 aliphatic carbocycles. The molecule has 0 unspecified atom stereocenters. The molecule has 2 nitrogen and oxygen atoms in total. The van der Waals surface area contributed by atoms with Gasteiger partial charge in [0.1, 0.15) is 0 Å². The Morgan fingerprint density at radius 2 is 1.17 bits per heavy atom. The highest BCUT2D eigenvalue weighted by atomic mass is 16.4. The first-order valence-electron chi connectivity index (χ1n) is 8.92. The summed E-state index contributed by atoms with van der Waals surface area (Å²) in [6.45, 7) is 2.15. The summed E-state index contributed by atoms with van der Waals surface area (Å²) < 4.78 is 0. The number of carbonyl (C=O) groups is 1. The fourth-order valence-corrected chi connectivity index (χ4v) is 1.86. The second-order valence-electron chi connectivity index (χ2n) is 5.39. The molecule has 0 heterocycles. The molecule has 0 aromatic rings. The number of carboxylic acids is 1. The molecule has 0 saturated carbocycles. The van der Waals surface area contributed by atoms with Crippen LogP contribution in [-0.4, -0.2) is 11.1 Å². The lowest BCUT2D eigenvalue weighted by molar-refractivity contribution is -0.136. The van der Waals surface area contributed by atoms with Crippen molar-refractivity contribution in [2.75, 3.05) is 0 Å². The predicted molar refractivity (Wildman–Crippen MR) is 105 cm³/mol. The van der Waals surface area contributed by atoms with E-state index in [2.05, 4.69) is 67.7 Å². The SMILES string of the molecule is CC/C=C\CC\C=C/C=C/C=C/CC/C=C\C/C=C\CCC(=O)O. The average Bonchev–Trinajstić information content (AvgIpc) is 2.56. The zero-order chi connectivity index (χ0) is 17.7. The highest BCUT2D eigenvalue weighted by molar-refractivity contribution is 5.66. The Labute approximate surface area is 147 Å². The van der Waals surface area contributed by atoms with E-state index in [1.54, 1.807) is 0 Å². The molecule has 0 amide bonds. The van der Waals surface area contributed by atoms with Crippen LogP contribution >= 0.6 is 0 Å². The summed E-state index contributed by atoms with van der Waals surface area (Å²) in [7, 11) is 0. The first-order valence-corrected chi connectivity index (χ1v) is 8.92. The maximum atomic E-state index is 10.3. The Hall–Kier alpha value is -2.09. The van der Waals surface area contributed by atoms with Crippen molar-refractivity contribution in [3.63, 3.8) is 0 Å². The van der Waals surface area contributed by atoms with Gasteiger partial charge in [0.15, 0.2) is 0 Å². The van der Waals surface area contributed by atoms with E-state index in [-0.39, 0.29) is 6.42 Å². The van der Waals surface area contributed by atoms with Crippen LogP contribution in [0.4, 0.5) is 0 Å². The van der Waals surface area contributed by atoms with Crippen molar-refractivity contribution >= 4 is 5.97 Å². The molecule has 0 fully saturated rings. The molecule has 1 N–H and O–H groups in total. The van der Waals surface area contributed by atoms with E-state index in [9.17, 15) is 4.79 Å². The first kappa shape index (κ1) is 21.9. The quantitative estimate of drug-likeness (QED) is 0.223. The van der Waals surface area contributed by atoms with Crippen molar-refractivity contribution < 1.29 is 9.90 Å². The van der Waals surface area contributed by atoms with E-state index >= 15 is 0 Å². The monoisotopic (exact) mass is 328 g/mol. The van der Waals surface area contributed by atoms with Crippen molar-refractivity contribution in [3.8, 4) is 0 Å². The third kappa shape index (κ3) is 19.9. The van der Waals surface area contributed by atoms with Crippen LogP contribution in [0.15, 0.2) is 72.9 Å². The van der Waals surface area contributed by atoms with Gasteiger partial charge >= 0.3 is 5.97 Å². The minimum Gasteiger partial charge on any atom is -0.481 e. The second kappa shape index (κ2) is 19.0. The van der Waals surface area contributed by atoms with Crippen molar-refractivity contribution in [2.24, 2.45) is 0 Å². The Balaban J connectivity index is 3.52. The predicted octanol–water partition coefficient (Wildman–Crippen LogP) is 6.55. The van der Waals surface area contributed by atoms with Gasteiger partial charge < -0.3 is 5.11 Å². The van der Waals surface area contributed by atoms with Crippen LogP contribution < -0.4 is 0 Å². The largest absolute Gasteiger partial charge is 0.481 e. The Morgan fingerprint density at radius 3 is 1.71 bits per heavy atom. The minimum atomic E-state index is -0.740. The molecule has 0 bridgehead atoms. The van der Waals surface area contributed by atoms with Crippen molar-refractivity contribution in [2.45, 2.75) is 58.3 Å². The second-order valence-corrected chi connectivity index (χ2v) is 5.39. The minimum absolute atomic E-state index is 0.212. The summed E-state index contributed by atoms with van der Waals surface area (Å²) in [6, 6.07) is 0. The Bertz CT molecular complexity index is 462. The van der Waals surface area contributed by atoms with Gasteiger partial charge in [0.2, 0.25) is 0 Å². The summed E-state index contributed by atoms with van der Waals surface area (Å²) in [4.78, 5) is 10.3. The normalized spacial score (nSPS) is 13.0. The van der Waals surface area contributed by atoms with Gasteiger partial charge in [-0.1, -0.05) is 79.8 Å². The molecular weight excluding hydrogens is 296 g/mol. The molecule has 2 heteroatoms. The third-order valence-corrected chi connectivity index (χ3v) is 3.14. The summed E-state index contributed by atoms with van der Waals surface area (Å²) in [5.74, 6) is -0.740. The molecule has 0 aromatic heterocycles. The van der Waals surface area contributed by atoms with Crippen LogP contribution in [0.2, 0.25) is 0 Å².